The van der Waals surface area contributed by atoms with Crippen LogP contribution in [0.2, 0.25) is 5.02 Å². The maximum atomic E-state index is 12.5. The van der Waals surface area contributed by atoms with Crippen molar-refractivity contribution in [2.24, 2.45) is 0 Å². The second kappa shape index (κ2) is 8.73. The molecule has 1 aromatic carbocycles. The van der Waals surface area contributed by atoms with Crippen LogP contribution in [0.15, 0.2) is 23.1 Å². The molecule has 0 aliphatic rings. The van der Waals surface area contributed by atoms with Gasteiger partial charge in [0.2, 0.25) is 10.0 Å². The van der Waals surface area contributed by atoms with Crippen LogP contribution in [0.5, 0.6) is 0 Å². The summed E-state index contributed by atoms with van der Waals surface area (Å²) < 4.78 is 26.5. The Bertz CT molecular complexity index is 547. The van der Waals surface area contributed by atoms with E-state index in [1.54, 1.807) is 25.2 Å². The molecule has 4 nitrogen and oxygen atoms in total. The average Bonchev–Trinajstić information content (AvgIpc) is 2.46. The van der Waals surface area contributed by atoms with E-state index in [1.165, 1.54) is 4.31 Å². The number of sulfonamides is 1. The Balaban J connectivity index is 2.92. The molecule has 0 unspecified atom stereocenters. The van der Waals surface area contributed by atoms with Crippen molar-refractivity contribution in [3.05, 3.63) is 28.8 Å². The molecule has 6 heteroatoms. The molecule has 1 N–H and O–H groups in total. The molecule has 0 bridgehead atoms. The standard InChI is InChI=1S/C15H25ClN2O2S/c1-4-6-7-10-18(3)21(19,20)14-8-9-15(16)13(11-14)12-17-5-2/h8-9,11,17H,4-7,10,12H2,1-3H3. The second-order valence-electron chi connectivity index (χ2n) is 5.07. The second-order valence-corrected chi connectivity index (χ2v) is 7.52. The fraction of sp³-hybridized carbons (Fsp3) is 0.600. The third-order valence-corrected chi connectivity index (χ3v) is 5.59. The summed E-state index contributed by atoms with van der Waals surface area (Å²) in [5.74, 6) is 0. The fourth-order valence-electron chi connectivity index (χ4n) is 1.99. The lowest BCUT2D eigenvalue weighted by molar-refractivity contribution is 0.454. The highest BCUT2D eigenvalue weighted by Crippen LogP contribution is 2.22. The molecular weight excluding hydrogens is 308 g/mol. The Labute approximate surface area is 133 Å². The fourth-order valence-corrected chi connectivity index (χ4v) is 3.44. The van der Waals surface area contributed by atoms with Crippen molar-refractivity contribution in [3.63, 3.8) is 0 Å². The summed E-state index contributed by atoms with van der Waals surface area (Å²) in [6, 6.07) is 4.89. The summed E-state index contributed by atoms with van der Waals surface area (Å²) in [6.45, 7) is 6.01. The minimum absolute atomic E-state index is 0.304. The molecule has 1 rings (SSSR count). The van der Waals surface area contributed by atoms with Crippen molar-refractivity contribution in [1.82, 2.24) is 9.62 Å². The van der Waals surface area contributed by atoms with E-state index < -0.39 is 10.0 Å². The summed E-state index contributed by atoms with van der Waals surface area (Å²) >= 11 is 6.12. The molecule has 0 aromatic heterocycles. The highest BCUT2D eigenvalue weighted by molar-refractivity contribution is 7.89. The maximum Gasteiger partial charge on any atom is 0.242 e. The molecule has 120 valence electrons. The van der Waals surface area contributed by atoms with Gasteiger partial charge >= 0.3 is 0 Å². The quantitative estimate of drug-likeness (QED) is 0.706. The van der Waals surface area contributed by atoms with Crippen LogP contribution in [0.4, 0.5) is 0 Å². The van der Waals surface area contributed by atoms with Crippen molar-refractivity contribution in [1.29, 1.82) is 0 Å². The number of hydrogen-bond donors (Lipinski definition) is 1. The zero-order valence-corrected chi connectivity index (χ0v) is 14.6. The summed E-state index contributed by atoms with van der Waals surface area (Å²) in [7, 11) is -1.81. The predicted molar refractivity (Wildman–Crippen MR) is 88.2 cm³/mol. The van der Waals surface area contributed by atoms with E-state index >= 15 is 0 Å². The first kappa shape index (κ1) is 18.4. The first-order valence-corrected chi connectivity index (χ1v) is 9.20. The van der Waals surface area contributed by atoms with Crippen LogP contribution >= 0.6 is 11.6 Å². The van der Waals surface area contributed by atoms with Crippen LogP contribution < -0.4 is 5.32 Å². The van der Waals surface area contributed by atoms with Crippen molar-refractivity contribution in [2.75, 3.05) is 20.1 Å². The highest BCUT2D eigenvalue weighted by atomic mass is 35.5. The lowest BCUT2D eigenvalue weighted by Gasteiger charge is -2.18. The van der Waals surface area contributed by atoms with Gasteiger partial charge in [0.05, 0.1) is 4.90 Å². The van der Waals surface area contributed by atoms with E-state index in [1.807, 2.05) is 6.92 Å². The van der Waals surface area contributed by atoms with Gasteiger partial charge in [0, 0.05) is 25.2 Å². The third kappa shape index (κ3) is 5.25. The maximum absolute atomic E-state index is 12.5. The zero-order chi connectivity index (χ0) is 15.9. The van der Waals surface area contributed by atoms with Gasteiger partial charge in [-0.15, -0.1) is 0 Å². The number of halogens is 1. The highest BCUT2D eigenvalue weighted by Gasteiger charge is 2.21. The third-order valence-electron chi connectivity index (χ3n) is 3.37. The molecule has 0 saturated heterocycles. The summed E-state index contributed by atoms with van der Waals surface area (Å²) in [4.78, 5) is 0.304. The number of rotatable bonds is 9. The predicted octanol–water partition coefficient (Wildman–Crippen LogP) is 3.26. The molecule has 0 amide bonds. The first-order chi connectivity index (χ1) is 9.93. The monoisotopic (exact) mass is 332 g/mol. The van der Waals surface area contributed by atoms with Crippen LogP contribution in [0.1, 0.15) is 38.7 Å². The topological polar surface area (TPSA) is 49.4 Å². The number of nitrogens with zero attached hydrogens (tertiary/aromatic N) is 1. The van der Waals surface area contributed by atoms with Crippen molar-refractivity contribution < 1.29 is 8.42 Å². The molecular formula is C15H25ClN2O2S. The van der Waals surface area contributed by atoms with Gasteiger partial charge in [0.1, 0.15) is 0 Å². The Kier molecular flexibility index (Phi) is 7.66. The van der Waals surface area contributed by atoms with Crippen molar-refractivity contribution in [3.8, 4) is 0 Å². The number of hydrogen-bond acceptors (Lipinski definition) is 3. The van der Waals surface area contributed by atoms with E-state index in [4.69, 9.17) is 11.6 Å². The molecule has 1 aromatic rings. The Hall–Kier alpha value is -0.620. The minimum Gasteiger partial charge on any atom is -0.313 e. The Morgan fingerprint density at radius 3 is 2.57 bits per heavy atom. The minimum atomic E-state index is -3.44. The molecule has 0 saturated carbocycles. The van der Waals surface area contributed by atoms with E-state index in [2.05, 4.69) is 12.2 Å². The summed E-state index contributed by atoms with van der Waals surface area (Å²) in [5.41, 5.74) is 0.807. The van der Waals surface area contributed by atoms with Crippen LogP contribution in [-0.2, 0) is 16.6 Å². The first-order valence-electron chi connectivity index (χ1n) is 7.39. The smallest absolute Gasteiger partial charge is 0.242 e. The summed E-state index contributed by atoms with van der Waals surface area (Å²) in [6.07, 6.45) is 2.98. The van der Waals surface area contributed by atoms with E-state index in [9.17, 15) is 8.42 Å². The molecule has 0 aliphatic carbocycles. The van der Waals surface area contributed by atoms with Crippen LogP contribution in [0, 0.1) is 0 Å². The van der Waals surface area contributed by atoms with Gasteiger partial charge in [-0.2, -0.15) is 0 Å². The van der Waals surface area contributed by atoms with Crippen LogP contribution in [0.25, 0.3) is 0 Å². The number of benzene rings is 1. The van der Waals surface area contributed by atoms with E-state index in [-0.39, 0.29) is 0 Å². The van der Waals surface area contributed by atoms with Gasteiger partial charge in [-0.3, -0.25) is 0 Å². The van der Waals surface area contributed by atoms with Gasteiger partial charge in [0.15, 0.2) is 0 Å². The molecule has 21 heavy (non-hydrogen) atoms. The van der Waals surface area contributed by atoms with Gasteiger partial charge in [-0.25, -0.2) is 12.7 Å². The van der Waals surface area contributed by atoms with E-state index in [0.717, 1.165) is 31.4 Å². The Morgan fingerprint density at radius 2 is 1.95 bits per heavy atom. The molecule has 0 heterocycles. The zero-order valence-electron chi connectivity index (χ0n) is 13.0. The molecule has 0 atom stereocenters. The largest absolute Gasteiger partial charge is 0.313 e. The summed E-state index contributed by atoms with van der Waals surface area (Å²) in [5, 5.41) is 3.75. The van der Waals surface area contributed by atoms with Gasteiger partial charge < -0.3 is 5.32 Å². The lowest BCUT2D eigenvalue weighted by atomic mass is 10.2. The molecule has 0 aliphatic heterocycles. The molecule has 0 fully saturated rings. The number of unbranched alkanes of at least 4 members (excludes halogenated alkanes) is 2. The van der Waals surface area contributed by atoms with Crippen molar-refractivity contribution >= 4 is 21.6 Å². The average molecular weight is 333 g/mol. The molecule has 0 spiro atoms. The molecule has 0 radical (unpaired) electrons. The van der Waals surface area contributed by atoms with E-state index in [0.29, 0.717) is 23.0 Å². The van der Waals surface area contributed by atoms with Gasteiger partial charge in [-0.1, -0.05) is 38.3 Å². The van der Waals surface area contributed by atoms with Gasteiger partial charge in [-0.05, 0) is 36.7 Å². The normalized spacial score (nSPS) is 12.0. The lowest BCUT2D eigenvalue weighted by Crippen LogP contribution is -2.28. The number of nitrogens with one attached hydrogen (secondary N) is 1. The van der Waals surface area contributed by atoms with Crippen LogP contribution in [-0.4, -0.2) is 32.9 Å². The van der Waals surface area contributed by atoms with Gasteiger partial charge in [0.25, 0.3) is 0 Å². The van der Waals surface area contributed by atoms with Crippen molar-refractivity contribution in [2.45, 2.75) is 44.6 Å². The Morgan fingerprint density at radius 1 is 1.24 bits per heavy atom. The van der Waals surface area contributed by atoms with Crippen LogP contribution in [0.3, 0.4) is 0 Å². The SMILES string of the molecule is CCCCCN(C)S(=O)(=O)c1ccc(Cl)c(CNCC)c1.